The number of aliphatic imine (C=N–C) groups is 1. The van der Waals surface area contributed by atoms with Crippen molar-refractivity contribution in [3.8, 4) is 0 Å². The van der Waals surface area contributed by atoms with Crippen molar-refractivity contribution in [2.75, 3.05) is 23.1 Å². The van der Waals surface area contributed by atoms with Crippen molar-refractivity contribution in [1.29, 1.82) is 0 Å². The third-order valence-electron chi connectivity index (χ3n) is 3.74. The van der Waals surface area contributed by atoms with Crippen molar-refractivity contribution in [2.45, 2.75) is 25.2 Å². The Morgan fingerprint density at radius 1 is 1.11 bits per heavy atom. The average Bonchev–Trinajstić information content (AvgIpc) is 2.61. The maximum Gasteiger partial charge on any atom is 0.290 e. The number of sulfonamides is 1. The fourth-order valence-electron chi connectivity index (χ4n) is 2.54. The van der Waals surface area contributed by atoms with Crippen molar-refractivity contribution in [2.24, 2.45) is 4.99 Å². The normalized spacial score (nSPS) is 14.1. The lowest BCUT2D eigenvalue weighted by molar-refractivity contribution is -0.110. The van der Waals surface area contributed by atoms with E-state index in [9.17, 15) is 13.2 Å². The second-order valence-electron chi connectivity index (χ2n) is 6.07. The molecule has 2 aromatic rings. The van der Waals surface area contributed by atoms with Crippen molar-refractivity contribution in [1.82, 2.24) is 15.3 Å². The molecule has 0 bridgehead atoms. The molecule has 0 radical (unpaired) electrons. The van der Waals surface area contributed by atoms with Gasteiger partial charge in [-0.2, -0.15) is 0 Å². The summed E-state index contributed by atoms with van der Waals surface area (Å²) in [5.41, 5.74) is 1.80. The molecule has 0 aliphatic carbocycles. The lowest BCUT2D eigenvalue weighted by Crippen LogP contribution is -2.39. The summed E-state index contributed by atoms with van der Waals surface area (Å²) in [6.45, 7) is 4.83. The summed E-state index contributed by atoms with van der Waals surface area (Å²) in [7, 11) is -3.84. The molecule has 142 valence electrons. The van der Waals surface area contributed by atoms with Crippen LogP contribution in [0.1, 0.15) is 17.8 Å². The highest BCUT2D eigenvalue weighted by molar-refractivity contribution is 7.92. The number of nitrogens with zero attached hydrogens (tertiary/aromatic N) is 3. The average molecular weight is 388 g/mol. The van der Waals surface area contributed by atoms with Crippen molar-refractivity contribution >= 4 is 33.4 Å². The van der Waals surface area contributed by atoms with Gasteiger partial charge in [-0.25, -0.2) is 23.1 Å². The van der Waals surface area contributed by atoms with Crippen LogP contribution in [-0.2, 0) is 14.8 Å². The molecular weight excluding hydrogens is 368 g/mol. The van der Waals surface area contributed by atoms with Crippen LogP contribution in [0.4, 0.5) is 11.6 Å². The van der Waals surface area contributed by atoms with Gasteiger partial charge in [0.1, 0.15) is 0 Å². The lowest BCUT2D eigenvalue weighted by Gasteiger charge is -2.14. The van der Waals surface area contributed by atoms with E-state index in [4.69, 9.17) is 0 Å². The van der Waals surface area contributed by atoms with Crippen LogP contribution in [0.5, 0.6) is 0 Å². The number of amidine groups is 1. The van der Waals surface area contributed by atoms with Crippen LogP contribution in [0.25, 0.3) is 0 Å². The van der Waals surface area contributed by atoms with E-state index in [2.05, 4.69) is 30.3 Å². The minimum atomic E-state index is -3.84. The largest absolute Gasteiger partial charge is 0.366 e. The first-order chi connectivity index (χ1) is 12.8. The number of anilines is 2. The van der Waals surface area contributed by atoms with Gasteiger partial charge in [-0.05, 0) is 50.6 Å². The number of hydrogen-bond acceptors (Lipinski definition) is 7. The van der Waals surface area contributed by atoms with E-state index in [0.29, 0.717) is 30.2 Å². The molecule has 0 saturated carbocycles. The van der Waals surface area contributed by atoms with Crippen LogP contribution < -0.4 is 15.4 Å². The number of aromatic nitrogens is 2. The molecule has 1 aliphatic rings. The van der Waals surface area contributed by atoms with Crippen molar-refractivity contribution in [3.63, 3.8) is 0 Å². The Labute approximate surface area is 157 Å². The zero-order valence-corrected chi connectivity index (χ0v) is 15.8. The fraction of sp³-hybridized carbons (Fsp3) is 0.294. The number of amides is 1. The summed E-state index contributed by atoms with van der Waals surface area (Å²) in [5, 5.41) is 5.61. The molecule has 1 aromatic carbocycles. The molecule has 3 rings (SSSR count). The number of benzene rings is 1. The Morgan fingerprint density at radius 2 is 1.78 bits per heavy atom. The molecule has 1 amide bonds. The van der Waals surface area contributed by atoms with Gasteiger partial charge in [0.05, 0.1) is 4.90 Å². The number of carbonyl (C=O) groups excluding carboxylic acids is 1. The summed E-state index contributed by atoms with van der Waals surface area (Å²) >= 11 is 0. The summed E-state index contributed by atoms with van der Waals surface area (Å²) in [4.78, 5) is 24.4. The van der Waals surface area contributed by atoms with Gasteiger partial charge >= 0.3 is 0 Å². The number of carbonyl (C=O) groups is 1. The minimum Gasteiger partial charge on any atom is -0.366 e. The third-order valence-corrected chi connectivity index (χ3v) is 5.09. The molecule has 1 aromatic heterocycles. The number of nitrogens with one attached hydrogen (secondary N) is 3. The topological polar surface area (TPSA) is 125 Å². The molecule has 0 unspecified atom stereocenters. The highest BCUT2D eigenvalue weighted by atomic mass is 32.2. The number of aryl methyl sites for hydroxylation is 2. The first kappa shape index (κ1) is 18.8. The van der Waals surface area contributed by atoms with Gasteiger partial charge < -0.3 is 10.6 Å². The maximum absolute atomic E-state index is 12.5. The lowest BCUT2D eigenvalue weighted by atomic mass is 10.3. The van der Waals surface area contributed by atoms with Crippen LogP contribution in [0.2, 0.25) is 0 Å². The second kappa shape index (κ2) is 7.70. The van der Waals surface area contributed by atoms with E-state index in [0.717, 1.165) is 6.42 Å². The highest BCUT2D eigenvalue weighted by Gasteiger charge is 2.17. The Kier molecular flexibility index (Phi) is 5.36. The fourth-order valence-corrected chi connectivity index (χ4v) is 3.49. The summed E-state index contributed by atoms with van der Waals surface area (Å²) in [5.74, 6) is -0.0510. The summed E-state index contributed by atoms with van der Waals surface area (Å²) in [6.07, 6.45) is 0.889. The maximum atomic E-state index is 12.5. The van der Waals surface area contributed by atoms with E-state index in [1.54, 1.807) is 19.9 Å². The van der Waals surface area contributed by atoms with Gasteiger partial charge in [-0.3, -0.25) is 9.79 Å². The van der Waals surface area contributed by atoms with Gasteiger partial charge in [-0.1, -0.05) is 0 Å². The molecule has 0 atom stereocenters. The van der Waals surface area contributed by atoms with E-state index < -0.39 is 10.0 Å². The van der Waals surface area contributed by atoms with E-state index in [1.165, 1.54) is 24.3 Å². The highest BCUT2D eigenvalue weighted by Crippen LogP contribution is 2.17. The molecule has 3 N–H and O–H groups in total. The summed E-state index contributed by atoms with van der Waals surface area (Å²) < 4.78 is 27.4. The Bertz CT molecular complexity index is 966. The van der Waals surface area contributed by atoms with Gasteiger partial charge in [0.25, 0.3) is 15.9 Å². The Balaban J connectivity index is 1.71. The predicted octanol–water partition coefficient (Wildman–Crippen LogP) is 1.22. The SMILES string of the molecule is Cc1cc(C)nc(NS(=O)(=O)c2ccc(NC(=O)C3=NCCCN3)cc2)n1. The molecule has 2 heterocycles. The zero-order chi connectivity index (χ0) is 19.4. The second-order valence-corrected chi connectivity index (χ2v) is 7.75. The van der Waals surface area contributed by atoms with Crippen molar-refractivity contribution < 1.29 is 13.2 Å². The van der Waals surface area contributed by atoms with E-state index in [-0.39, 0.29) is 22.6 Å². The molecule has 0 fully saturated rings. The van der Waals surface area contributed by atoms with Crippen LogP contribution in [0.15, 0.2) is 40.2 Å². The van der Waals surface area contributed by atoms with Crippen molar-refractivity contribution in [3.05, 3.63) is 41.7 Å². The molecule has 10 heteroatoms. The van der Waals surface area contributed by atoms with Crippen LogP contribution >= 0.6 is 0 Å². The predicted molar refractivity (Wildman–Crippen MR) is 102 cm³/mol. The monoisotopic (exact) mass is 388 g/mol. The molecule has 27 heavy (non-hydrogen) atoms. The third kappa shape index (κ3) is 4.79. The van der Waals surface area contributed by atoms with Crippen LogP contribution in [0.3, 0.4) is 0 Å². The van der Waals surface area contributed by atoms with Crippen LogP contribution in [0, 0.1) is 13.8 Å². The molecule has 1 aliphatic heterocycles. The number of hydrogen-bond donors (Lipinski definition) is 3. The smallest absolute Gasteiger partial charge is 0.290 e. The standard InChI is InChI=1S/C17H20N6O3S/c1-11-10-12(2)21-17(20-11)23-27(25,26)14-6-4-13(5-7-14)22-16(24)15-18-8-3-9-19-15/h4-7,10H,3,8-9H2,1-2H3,(H,18,19)(H,22,24)(H,20,21,23). The molecule has 0 spiro atoms. The Morgan fingerprint density at radius 3 is 2.37 bits per heavy atom. The molecule has 9 nitrogen and oxygen atoms in total. The van der Waals surface area contributed by atoms with E-state index in [1.807, 2.05) is 0 Å². The van der Waals surface area contributed by atoms with E-state index >= 15 is 0 Å². The Hall–Kier alpha value is -3.01. The zero-order valence-electron chi connectivity index (χ0n) is 15.0. The minimum absolute atomic E-state index is 0.0197. The first-order valence-corrected chi connectivity index (χ1v) is 9.87. The first-order valence-electron chi connectivity index (χ1n) is 8.38. The quantitative estimate of drug-likeness (QED) is 0.707. The number of rotatable bonds is 5. The van der Waals surface area contributed by atoms with Gasteiger partial charge in [0.2, 0.25) is 5.95 Å². The molecular formula is C17H20N6O3S. The summed E-state index contributed by atoms with van der Waals surface area (Å²) in [6, 6.07) is 7.57. The van der Waals surface area contributed by atoms with Crippen LogP contribution in [-0.4, -0.2) is 43.2 Å². The van der Waals surface area contributed by atoms with Gasteiger partial charge in [0, 0.05) is 30.2 Å². The van der Waals surface area contributed by atoms with Gasteiger partial charge in [0.15, 0.2) is 5.84 Å². The van der Waals surface area contributed by atoms with Gasteiger partial charge in [-0.15, -0.1) is 0 Å². The molecule has 0 saturated heterocycles.